The number of aliphatic hydroxyl groups is 1. The summed E-state index contributed by atoms with van der Waals surface area (Å²) >= 11 is 0. The lowest BCUT2D eigenvalue weighted by molar-refractivity contribution is -0.0350. The first-order chi connectivity index (χ1) is 15.5. The fraction of sp³-hybridized carbons (Fsp3) is 0.286. The van der Waals surface area contributed by atoms with Gasteiger partial charge in [-0.2, -0.15) is 0 Å². The van der Waals surface area contributed by atoms with Crippen molar-refractivity contribution in [1.29, 1.82) is 0 Å². The highest BCUT2D eigenvalue weighted by Crippen LogP contribution is 2.43. The molecule has 0 spiro atoms. The van der Waals surface area contributed by atoms with Crippen LogP contribution < -0.4 is 4.90 Å². The van der Waals surface area contributed by atoms with Crippen LogP contribution in [0.4, 0.5) is 5.69 Å². The van der Waals surface area contributed by atoms with Gasteiger partial charge in [-0.3, -0.25) is 0 Å². The van der Waals surface area contributed by atoms with E-state index in [-0.39, 0.29) is 12.1 Å². The maximum Gasteiger partial charge on any atom is 0.174 e. The van der Waals surface area contributed by atoms with Gasteiger partial charge < -0.3 is 19.8 Å². The number of rotatable bonds is 6. The van der Waals surface area contributed by atoms with Crippen molar-refractivity contribution in [3.05, 3.63) is 101 Å². The van der Waals surface area contributed by atoms with Crippen molar-refractivity contribution >= 4 is 11.8 Å². The Balaban J connectivity index is 1.80. The molecule has 3 unspecified atom stereocenters. The number of hydrogen-bond acceptors (Lipinski definition) is 4. The van der Waals surface area contributed by atoms with Gasteiger partial charge in [0.1, 0.15) is 5.75 Å². The molecular formula is C28H31NO3. The zero-order valence-corrected chi connectivity index (χ0v) is 18.9. The Morgan fingerprint density at radius 2 is 1.84 bits per heavy atom. The van der Waals surface area contributed by atoms with E-state index in [0.717, 1.165) is 18.4 Å². The fourth-order valence-electron chi connectivity index (χ4n) is 4.70. The van der Waals surface area contributed by atoms with Crippen LogP contribution in [0.2, 0.25) is 0 Å². The van der Waals surface area contributed by atoms with Gasteiger partial charge in [0.05, 0.1) is 6.04 Å². The molecule has 1 aliphatic rings. The molecule has 4 rings (SSSR count). The monoisotopic (exact) mass is 429 g/mol. The smallest absolute Gasteiger partial charge is 0.174 e. The van der Waals surface area contributed by atoms with Gasteiger partial charge in [0.25, 0.3) is 0 Å². The van der Waals surface area contributed by atoms with Crippen LogP contribution in [0.5, 0.6) is 5.75 Å². The van der Waals surface area contributed by atoms with E-state index in [9.17, 15) is 10.2 Å². The number of aromatic hydroxyl groups is 1. The highest BCUT2D eigenvalue weighted by Gasteiger charge is 2.34. The lowest BCUT2D eigenvalue weighted by atomic mass is 9.84. The number of ether oxygens (including phenoxy) is 1. The predicted octanol–water partition coefficient (Wildman–Crippen LogP) is 5.47. The number of fused-ring (bicyclic) bond motifs is 1. The summed E-state index contributed by atoms with van der Waals surface area (Å²) in [5.74, 6) is 0.314. The second-order valence-corrected chi connectivity index (χ2v) is 8.38. The zero-order chi connectivity index (χ0) is 22.7. The number of phenolic OH excluding ortho intramolecular Hbond substituents is 1. The predicted molar refractivity (Wildman–Crippen MR) is 130 cm³/mol. The van der Waals surface area contributed by atoms with E-state index in [1.54, 1.807) is 12.1 Å². The van der Waals surface area contributed by atoms with Gasteiger partial charge in [-0.1, -0.05) is 61.5 Å². The molecule has 4 heteroatoms. The number of anilines is 1. The van der Waals surface area contributed by atoms with Crippen molar-refractivity contribution in [2.24, 2.45) is 0 Å². The van der Waals surface area contributed by atoms with Crippen molar-refractivity contribution in [2.75, 3.05) is 12.0 Å². The van der Waals surface area contributed by atoms with Crippen molar-refractivity contribution < 1.29 is 14.9 Å². The number of aryl methyl sites for hydroxylation is 1. The van der Waals surface area contributed by atoms with Gasteiger partial charge in [-0.15, -0.1) is 0 Å². The number of nitrogens with zero attached hydrogens (tertiary/aromatic N) is 1. The molecule has 166 valence electrons. The molecule has 0 aliphatic carbocycles. The summed E-state index contributed by atoms with van der Waals surface area (Å²) in [5, 5.41) is 19.7. The molecule has 0 bridgehead atoms. The summed E-state index contributed by atoms with van der Waals surface area (Å²) in [7, 11) is 1.47. The number of para-hydroxylation sites is 1. The number of hydrogen-bond donors (Lipinski definition) is 2. The Labute approximate surface area is 190 Å². The van der Waals surface area contributed by atoms with E-state index < -0.39 is 6.29 Å². The normalized spacial score (nSPS) is 19.2. The first-order valence-electron chi connectivity index (χ1n) is 11.2. The average Bonchev–Trinajstić information content (AvgIpc) is 2.82. The van der Waals surface area contributed by atoms with E-state index >= 15 is 0 Å². The molecule has 0 aromatic heterocycles. The minimum Gasteiger partial charge on any atom is -0.508 e. The van der Waals surface area contributed by atoms with Gasteiger partial charge in [0.2, 0.25) is 0 Å². The van der Waals surface area contributed by atoms with Crippen LogP contribution in [-0.4, -0.2) is 29.7 Å². The van der Waals surface area contributed by atoms with Crippen LogP contribution in [0.15, 0.2) is 72.8 Å². The average molecular weight is 430 g/mol. The molecule has 3 atom stereocenters. The van der Waals surface area contributed by atoms with Gasteiger partial charge in [-0.25, -0.2) is 0 Å². The molecule has 4 nitrogen and oxygen atoms in total. The summed E-state index contributed by atoms with van der Waals surface area (Å²) in [4.78, 5) is 2.53. The largest absolute Gasteiger partial charge is 0.508 e. The number of methoxy groups -OCH3 is 1. The molecule has 3 aromatic carbocycles. The van der Waals surface area contributed by atoms with Crippen LogP contribution in [0.1, 0.15) is 47.7 Å². The van der Waals surface area contributed by atoms with E-state index in [1.807, 2.05) is 12.1 Å². The molecular weight excluding hydrogens is 398 g/mol. The zero-order valence-electron chi connectivity index (χ0n) is 18.9. The third-order valence-corrected chi connectivity index (χ3v) is 6.29. The van der Waals surface area contributed by atoms with Crippen molar-refractivity contribution in [3.8, 4) is 5.75 Å². The molecule has 0 saturated carbocycles. The van der Waals surface area contributed by atoms with Crippen LogP contribution in [0.3, 0.4) is 0 Å². The molecule has 1 heterocycles. The summed E-state index contributed by atoms with van der Waals surface area (Å²) in [6.07, 6.45) is 4.43. The van der Waals surface area contributed by atoms with Gasteiger partial charge >= 0.3 is 0 Å². The molecule has 32 heavy (non-hydrogen) atoms. The van der Waals surface area contributed by atoms with Crippen LogP contribution in [0.25, 0.3) is 6.08 Å². The lowest BCUT2D eigenvalue weighted by Crippen LogP contribution is -2.43. The topological polar surface area (TPSA) is 52.9 Å². The highest BCUT2D eigenvalue weighted by molar-refractivity contribution is 5.62. The second kappa shape index (κ2) is 9.60. The Morgan fingerprint density at radius 1 is 1.09 bits per heavy atom. The highest BCUT2D eigenvalue weighted by atomic mass is 16.6. The van der Waals surface area contributed by atoms with Crippen molar-refractivity contribution in [2.45, 2.75) is 45.1 Å². The van der Waals surface area contributed by atoms with Crippen molar-refractivity contribution in [3.63, 3.8) is 0 Å². The molecule has 0 saturated heterocycles. The first-order valence-corrected chi connectivity index (χ1v) is 11.2. The quantitative estimate of drug-likeness (QED) is 0.510. The molecule has 1 aliphatic heterocycles. The van der Waals surface area contributed by atoms with E-state index in [1.165, 1.54) is 35.1 Å². The molecule has 2 N–H and O–H groups in total. The summed E-state index contributed by atoms with van der Waals surface area (Å²) in [6, 6.07) is 23.2. The lowest BCUT2D eigenvalue weighted by Gasteiger charge is -2.45. The number of aliphatic hydroxyl groups excluding tert-OH is 1. The summed E-state index contributed by atoms with van der Waals surface area (Å²) in [5.41, 5.74) is 7.21. The Kier molecular flexibility index (Phi) is 6.63. The fourth-order valence-corrected chi connectivity index (χ4v) is 4.70. The Hall–Kier alpha value is -3.08. The van der Waals surface area contributed by atoms with Crippen molar-refractivity contribution in [1.82, 2.24) is 0 Å². The summed E-state index contributed by atoms with van der Waals surface area (Å²) < 4.78 is 4.88. The van der Waals surface area contributed by atoms with Gasteiger partial charge in [-0.05, 0) is 71.9 Å². The van der Waals surface area contributed by atoms with Gasteiger partial charge in [0.15, 0.2) is 6.29 Å². The first kappa shape index (κ1) is 22.1. The number of benzene rings is 3. The second-order valence-electron chi connectivity index (χ2n) is 8.38. The van der Waals surface area contributed by atoms with Crippen LogP contribution in [0, 0.1) is 0 Å². The molecule has 0 radical (unpaired) electrons. The van der Waals surface area contributed by atoms with Crippen LogP contribution in [-0.2, 0) is 17.6 Å². The van der Waals surface area contributed by atoms with Gasteiger partial charge in [0, 0.05) is 18.8 Å². The molecule has 3 aromatic rings. The Bertz CT molecular complexity index is 1090. The third-order valence-electron chi connectivity index (χ3n) is 6.29. The van der Waals surface area contributed by atoms with E-state index in [2.05, 4.69) is 73.3 Å². The standard InChI is InChI=1S/C28H31NO3/c1-4-21-7-5-6-8-26(21)29-19(2)17-23-18-24(30)14-15-25(23)28(29)22-12-9-20(10-13-22)11-16-27(31)32-3/h5-16,18-19,27-28,30-31H,4,17H2,1-3H3/b16-11+. The number of phenols is 1. The SMILES string of the molecule is CCc1ccccc1N1C(C)Cc2cc(O)ccc2C1c1ccc(/C=C/C(O)OC)cc1. The summed E-state index contributed by atoms with van der Waals surface area (Å²) in [6.45, 7) is 4.46. The van der Waals surface area contributed by atoms with Crippen LogP contribution >= 0.6 is 0 Å². The van der Waals surface area contributed by atoms with E-state index in [4.69, 9.17) is 4.74 Å². The minimum absolute atomic E-state index is 0.0460. The molecule has 0 amide bonds. The van der Waals surface area contributed by atoms with E-state index in [0.29, 0.717) is 5.75 Å². The minimum atomic E-state index is -0.908. The third kappa shape index (κ3) is 4.43. The maximum atomic E-state index is 10.1. The maximum absolute atomic E-state index is 10.1. The Morgan fingerprint density at radius 3 is 2.56 bits per heavy atom. The molecule has 0 fully saturated rings.